The Balaban J connectivity index is 2.90. The summed E-state index contributed by atoms with van der Waals surface area (Å²) >= 11 is 0. The fraction of sp³-hybridized carbons (Fsp3) is 0.364. The second kappa shape index (κ2) is 5.03. The predicted octanol–water partition coefficient (Wildman–Crippen LogP) is -0.429. The molecule has 0 aliphatic rings. The molecule has 0 saturated carbocycles. The average molecular weight is 241 g/mol. The van der Waals surface area contributed by atoms with Gasteiger partial charge in [0.1, 0.15) is 11.5 Å². The fourth-order valence-corrected chi connectivity index (χ4v) is 1.18. The number of carbonyl (C=O) groups excluding carboxylic acids is 1. The SMILES string of the molecule is CC(CO)(CO)NC(=O)c1ccc(O)cc1O. The normalized spacial score (nSPS) is 11.2. The van der Waals surface area contributed by atoms with Crippen molar-refractivity contribution in [3.8, 4) is 11.5 Å². The summed E-state index contributed by atoms with van der Waals surface area (Å²) in [6.45, 7) is 0.588. The average Bonchev–Trinajstić information content (AvgIpc) is 2.28. The highest BCUT2D eigenvalue weighted by Crippen LogP contribution is 2.22. The number of phenols is 2. The lowest BCUT2D eigenvalue weighted by molar-refractivity contribution is 0.0721. The van der Waals surface area contributed by atoms with Crippen molar-refractivity contribution in [2.75, 3.05) is 13.2 Å². The quantitative estimate of drug-likeness (QED) is 0.491. The first-order valence-corrected chi connectivity index (χ1v) is 4.98. The predicted molar refractivity (Wildman–Crippen MR) is 59.8 cm³/mol. The summed E-state index contributed by atoms with van der Waals surface area (Å²) in [5, 5.41) is 39.0. The molecule has 0 saturated heterocycles. The number of aliphatic hydroxyl groups is 2. The van der Waals surface area contributed by atoms with Crippen LogP contribution in [0, 0.1) is 0 Å². The maximum atomic E-state index is 11.7. The molecule has 0 aliphatic heterocycles. The Morgan fingerprint density at radius 2 is 1.88 bits per heavy atom. The highest BCUT2D eigenvalue weighted by molar-refractivity contribution is 5.97. The summed E-state index contributed by atoms with van der Waals surface area (Å²) in [5.74, 6) is -1.18. The molecular weight excluding hydrogens is 226 g/mol. The third kappa shape index (κ3) is 3.08. The smallest absolute Gasteiger partial charge is 0.255 e. The Labute approximate surface area is 98.1 Å². The number of phenolic OH excluding ortho intramolecular Hbond substituents is 2. The minimum Gasteiger partial charge on any atom is -0.508 e. The van der Waals surface area contributed by atoms with Gasteiger partial charge in [-0.25, -0.2) is 0 Å². The van der Waals surface area contributed by atoms with Gasteiger partial charge in [0.25, 0.3) is 5.91 Å². The van der Waals surface area contributed by atoms with E-state index in [4.69, 9.17) is 15.3 Å². The molecule has 0 aliphatic carbocycles. The molecule has 0 fully saturated rings. The van der Waals surface area contributed by atoms with E-state index in [1.807, 2.05) is 0 Å². The van der Waals surface area contributed by atoms with Crippen LogP contribution in [0.5, 0.6) is 11.5 Å². The van der Waals surface area contributed by atoms with Gasteiger partial charge >= 0.3 is 0 Å². The molecule has 0 unspecified atom stereocenters. The second-order valence-electron chi connectivity index (χ2n) is 4.03. The van der Waals surface area contributed by atoms with Crippen LogP contribution in [0.15, 0.2) is 18.2 Å². The third-order valence-corrected chi connectivity index (χ3v) is 2.34. The van der Waals surface area contributed by atoms with Crippen LogP contribution in [-0.2, 0) is 0 Å². The van der Waals surface area contributed by atoms with Crippen molar-refractivity contribution >= 4 is 5.91 Å². The van der Waals surface area contributed by atoms with E-state index >= 15 is 0 Å². The molecule has 1 aromatic carbocycles. The van der Waals surface area contributed by atoms with E-state index in [9.17, 15) is 9.90 Å². The van der Waals surface area contributed by atoms with Crippen LogP contribution < -0.4 is 5.32 Å². The Hall–Kier alpha value is -1.79. The van der Waals surface area contributed by atoms with E-state index in [1.165, 1.54) is 19.1 Å². The summed E-state index contributed by atoms with van der Waals surface area (Å²) in [4.78, 5) is 11.7. The van der Waals surface area contributed by atoms with Crippen LogP contribution in [0.1, 0.15) is 17.3 Å². The minimum absolute atomic E-state index is 0.0454. The Morgan fingerprint density at radius 3 is 2.35 bits per heavy atom. The highest BCUT2D eigenvalue weighted by atomic mass is 16.3. The molecule has 1 rings (SSSR count). The van der Waals surface area contributed by atoms with Crippen molar-refractivity contribution in [3.05, 3.63) is 23.8 Å². The summed E-state index contributed by atoms with van der Waals surface area (Å²) in [6, 6.07) is 3.53. The van der Waals surface area contributed by atoms with Gasteiger partial charge in [-0.05, 0) is 19.1 Å². The number of hydrogen-bond donors (Lipinski definition) is 5. The number of hydrogen-bond acceptors (Lipinski definition) is 5. The highest BCUT2D eigenvalue weighted by Gasteiger charge is 2.26. The van der Waals surface area contributed by atoms with Gasteiger partial charge in [0.05, 0.1) is 24.3 Å². The number of rotatable bonds is 4. The molecule has 0 radical (unpaired) electrons. The van der Waals surface area contributed by atoms with Crippen LogP contribution in [0.2, 0.25) is 0 Å². The van der Waals surface area contributed by atoms with Crippen molar-refractivity contribution in [3.63, 3.8) is 0 Å². The van der Waals surface area contributed by atoms with E-state index < -0.39 is 24.7 Å². The lowest BCUT2D eigenvalue weighted by Gasteiger charge is -2.26. The minimum atomic E-state index is -1.17. The van der Waals surface area contributed by atoms with Gasteiger partial charge in [-0.2, -0.15) is 0 Å². The molecule has 1 amide bonds. The summed E-state index contributed by atoms with van der Waals surface area (Å²) in [5.41, 5.74) is -1.21. The van der Waals surface area contributed by atoms with Crippen LogP contribution in [-0.4, -0.2) is 45.1 Å². The molecule has 6 heteroatoms. The fourth-order valence-electron chi connectivity index (χ4n) is 1.18. The standard InChI is InChI=1S/C11H15NO5/c1-11(5-13,6-14)12-10(17)8-3-2-7(15)4-9(8)16/h2-4,13-16H,5-6H2,1H3,(H,12,17). The first-order chi connectivity index (χ1) is 7.91. The van der Waals surface area contributed by atoms with E-state index in [-0.39, 0.29) is 17.1 Å². The Morgan fingerprint density at radius 1 is 1.29 bits per heavy atom. The molecule has 0 aromatic heterocycles. The van der Waals surface area contributed by atoms with Gasteiger partial charge < -0.3 is 25.7 Å². The summed E-state index contributed by atoms with van der Waals surface area (Å²) in [7, 11) is 0. The third-order valence-electron chi connectivity index (χ3n) is 2.34. The molecule has 0 atom stereocenters. The molecule has 5 N–H and O–H groups in total. The molecule has 0 spiro atoms. The van der Waals surface area contributed by atoms with E-state index in [1.54, 1.807) is 0 Å². The van der Waals surface area contributed by atoms with Gasteiger partial charge in [-0.3, -0.25) is 4.79 Å². The lowest BCUT2D eigenvalue weighted by Crippen LogP contribution is -2.51. The van der Waals surface area contributed by atoms with Crippen molar-refractivity contribution in [1.29, 1.82) is 0 Å². The number of aromatic hydroxyl groups is 2. The van der Waals surface area contributed by atoms with E-state index in [2.05, 4.69) is 5.32 Å². The Bertz CT molecular complexity index is 414. The molecule has 0 heterocycles. The van der Waals surface area contributed by atoms with Crippen LogP contribution in [0.25, 0.3) is 0 Å². The topological polar surface area (TPSA) is 110 Å². The molecule has 6 nitrogen and oxygen atoms in total. The number of amides is 1. The largest absolute Gasteiger partial charge is 0.508 e. The first kappa shape index (κ1) is 13.3. The van der Waals surface area contributed by atoms with E-state index in [0.29, 0.717) is 0 Å². The number of aliphatic hydroxyl groups excluding tert-OH is 2. The number of carbonyl (C=O) groups is 1. The molecule has 1 aromatic rings. The second-order valence-corrected chi connectivity index (χ2v) is 4.03. The van der Waals surface area contributed by atoms with Crippen molar-refractivity contribution in [1.82, 2.24) is 5.32 Å². The van der Waals surface area contributed by atoms with Crippen LogP contribution >= 0.6 is 0 Å². The molecule has 17 heavy (non-hydrogen) atoms. The summed E-state index contributed by atoms with van der Waals surface area (Å²) in [6.07, 6.45) is 0. The van der Waals surface area contributed by atoms with Gasteiger partial charge in [0, 0.05) is 6.07 Å². The number of benzene rings is 1. The van der Waals surface area contributed by atoms with Gasteiger partial charge in [-0.1, -0.05) is 0 Å². The maximum Gasteiger partial charge on any atom is 0.255 e. The zero-order valence-corrected chi connectivity index (χ0v) is 9.34. The number of nitrogens with one attached hydrogen (secondary N) is 1. The summed E-state index contributed by atoms with van der Waals surface area (Å²) < 4.78 is 0. The van der Waals surface area contributed by atoms with Crippen LogP contribution in [0.4, 0.5) is 0 Å². The van der Waals surface area contributed by atoms with Crippen molar-refractivity contribution in [2.45, 2.75) is 12.5 Å². The zero-order valence-electron chi connectivity index (χ0n) is 9.34. The van der Waals surface area contributed by atoms with Crippen molar-refractivity contribution in [2.24, 2.45) is 0 Å². The zero-order chi connectivity index (χ0) is 13.1. The molecular formula is C11H15NO5. The van der Waals surface area contributed by atoms with Gasteiger partial charge in [0.2, 0.25) is 0 Å². The lowest BCUT2D eigenvalue weighted by atomic mass is 10.0. The Kier molecular flexibility index (Phi) is 3.93. The molecule has 94 valence electrons. The van der Waals surface area contributed by atoms with Gasteiger partial charge in [-0.15, -0.1) is 0 Å². The first-order valence-electron chi connectivity index (χ1n) is 4.98. The maximum absolute atomic E-state index is 11.7. The van der Waals surface area contributed by atoms with E-state index in [0.717, 1.165) is 6.07 Å². The van der Waals surface area contributed by atoms with Crippen LogP contribution in [0.3, 0.4) is 0 Å². The molecule has 0 bridgehead atoms. The van der Waals surface area contributed by atoms with Crippen molar-refractivity contribution < 1.29 is 25.2 Å². The monoisotopic (exact) mass is 241 g/mol. The van der Waals surface area contributed by atoms with Gasteiger partial charge in [0.15, 0.2) is 0 Å².